The number of nitrogens with zero attached hydrogens (tertiary/aromatic N) is 4. The molecule has 4 rings (SSSR count). The van der Waals surface area contributed by atoms with Gasteiger partial charge in [0.15, 0.2) is 5.69 Å². The number of hydrogen-bond acceptors (Lipinski definition) is 5. The van der Waals surface area contributed by atoms with Gasteiger partial charge < -0.3 is 5.32 Å². The first-order chi connectivity index (χ1) is 13.3. The Bertz CT molecular complexity index is 1020. The van der Waals surface area contributed by atoms with E-state index in [0.717, 1.165) is 24.4 Å². The summed E-state index contributed by atoms with van der Waals surface area (Å²) in [4.78, 5) is 12.6. The van der Waals surface area contributed by atoms with Crippen LogP contribution in [0.25, 0.3) is 5.69 Å². The minimum absolute atomic E-state index is 0.296. The maximum atomic E-state index is 13.3. The number of carbonyl (C=O) groups is 1. The Morgan fingerprint density at radius 1 is 1.18 bits per heavy atom. The summed E-state index contributed by atoms with van der Waals surface area (Å²) in [6, 6.07) is 6.58. The molecule has 1 amide bonds. The van der Waals surface area contributed by atoms with Crippen molar-refractivity contribution in [3.05, 3.63) is 51.8 Å². The predicted molar refractivity (Wildman–Crippen MR) is 97.8 cm³/mol. The number of amides is 1. The van der Waals surface area contributed by atoms with Gasteiger partial charge in [-0.15, -0.1) is 5.10 Å². The van der Waals surface area contributed by atoms with Gasteiger partial charge in [0.1, 0.15) is 4.88 Å². The quantitative estimate of drug-likeness (QED) is 0.707. The minimum Gasteiger partial charge on any atom is -0.321 e. The van der Waals surface area contributed by atoms with E-state index >= 15 is 0 Å². The number of aryl methyl sites for hydroxylation is 1. The zero-order valence-corrected chi connectivity index (χ0v) is 15.7. The van der Waals surface area contributed by atoms with E-state index in [4.69, 9.17) is 0 Å². The van der Waals surface area contributed by atoms with Gasteiger partial charge in [0, 0.05) is 16.9 Å². The Morgan fingerprint density at radius 3 is 2.54 bits per heavy atom. The third-order valence-corrected chi connectivity index (χ3v) is 5.50. The lowest BCUT2D eigenvalue weighted by atomic mass is 9.95. The summed E-state index contributed by atoms with van der Waals surface area (Å²) < 4.78 is 45.1. The van der Waals surface area contributed by atoms with Gasteiger partial charge in [-0.25, -0.2) is 4.68 Å². The van der Waals surface area contributed by atoms with Crippen molar-refractivity contribution in [2.24, 2.45) is 0 Å². The maximum absolute atomic E-state index is 13.3. The van der Waals surface area contributed by atoms with Crippen molar-refractivity contribution in [3.63, 3.8) is 0 Å². The average molecular weight is 407 g/mol. The fourth-order valence-corrected chi connectivity index (χ4v) is 3.91. The van der Waals surface area contributed by atoms with Gasteiger partial charge in [0.2, 0.25) is 0 Å². The van der Waals surface area contributed by atoms with Crippen LogP contribution in [-0.2, 0) is 19.0 Å². The van der Waals surface area contributed by atoms with E-state index in [2.05, 4.69) is 20.0 Å². The van der Waals surface area contributed by atoms with Crippen molar-refractivity contribution < 1.29 is 18.0 Å². The Labute approximate surface area is 162 Å². The molecular weight excluding hydrogens is 391 g/mol. The van der Waals surface area contributed by atoms with Crippen LogP contribution in [0.4, 0.5) is 18.9 Å². The number of rotatable bonds is 3. The number of benzene rings is 1. The van der Waals surface area contributed by atoms with Crippen LogP contribution in [0.3, 0.4) is 0 Å². The van der Waals surface area contributed by atoms with E-state index in [1.807, 2.05) is 0 Å². The zero-order valence-electron chi connectivity index (χ0n) is 14.9. The molecule has 2 aromatic heterocycles. The van der Waals surface area contributed by atoms with Crippen LogP contribution >= 0.6 is 11.5 Å². The van der Waals surface area contributed by atoms with E-state index in [9.17, 15) is 18.0 Å². The number of halogens is 3. The van der Waals surface area contributed by atoms with Gasteiger partial charge in [-0.2, -0.15) is 18.3 Å². The number of alkyl halides is 3. The smallest absolute Gasteiger partial charge is 0.321 e. The van der Waals surface area contributed by atoms with Crippen molar-refractivity contribution in [3.8, 4) is 5.69 Å². The largest absolute Gasteiger partial charge is 0.435 e. The summed E-state index contributed by atoms with van der Waals surface area (Å²) in [7, 11) is 0. The lowest BCUT2D eigenvalue weighted by molar-refractivity contribution is -0.142. The highest BCUT2D eigenvalue weighted by Crippen LogP contribution is 2.36. The van der Waals surface area contributed by atoms with Crippen LogP contribution in [0.15, 0.2) is 24.3 Å². The molecule has 6 nitrogen and oxygen atoms in total. The SMILES string of the molecule is Cc1nnsc1C(=O)Nc1ccc(-n2nc(C(F)(F)F)c3c2CCCC3)cc1. The number of nitrogens with one attached hydrogen (secondary N) is 1. The van der Waals surface area contributed by atoms with Crippen molar-refractivity contribution in [1.82, 2.24) is 19.4 Å². The summed E-state index contributed by atoms with van der Waals surface area (Å²) in [5.41, 5.74) is 1.71. The lowest BCUT2D eigenvalue weighted by Crippen LogP contribution is -2.12. The van der Waals surface area contributed by atoms with Gasteiger partial charge in [-0.3, -0.25) is 4.79 Å². The normalized spacial score (nSPS) is 14.0. The van der Waals surface area contributed by atoms with Crippen molar-refractivity contribution in [1.29, 1.82) is 0 Å². The predicted octanol–water partition coefficient (Wildman–Crippen LogP) is 4.18. The molecule has 0 radical (unpaired) electrons. The molecule has 3 aromatic rings. The second-order valence-electron chi connectivity index (χ2n) is 6.58. The molecular formula is C18H16F3N5OS. The minimum atomic E-state index is -4.47. The van der Waals surface area contributed by atoms with E-state index in [1.54, 1.807) is 31.2 Å². The molecule has 10 heteroatoms. The molecule has 28 heavy (non-hydrogen) atoms. The Hall–Kier alpha value is -2.75. The molecule has 1 aliphatic carbocycles. The molecule has 1 aromatic carbocycles. The van der Waals surface area contributed by atoms with E-state index in [1.165, 1.54) is 4.68 Å². The topological polar surface area (TPSA) is 72.7 Å². The first kappa shape index (κ1) is 18.6. The first-order valence-electron chi connectivity index (χ1n) is 8.73. The van der Waals surface area contributed by atoms with Gasteiger partial charge in [0.25, 0.3) is 5.91 Å². The van der Waals surface area contributed by atoms with Gasteiger partial charge in [-0.05, 0) is 68.4 Å². The summed E-state index contributed by atoms with van der Waals surface area (Å²) in [5.74, 6) is -0.323. The Morgan fingerprint density at radius 2 is 1.89 bits per heavy atom. The fourth-order valence-electron chi connectivity index (χ4n) is 3.35. The van der Waals surface area contributed by atoms with Crippen LogP contribution in [0.5, 0.6) is 0 Å². The van der Waals surface area contributed by atoms with E-state index < -0.39 is 11.9 Å². The van der Waals surface area contributed by atoms with Crippen molar-refractivity contribution >= 4 is 23.1 Å². The van der Waals surface area contributed by atoms with Crippen LogP contribution in [0.1, 0.15) is 45.2 Å². The molecule has 0 fully saturated rings. The molecule has 0 saturated heterocycles. The van der Waals surface area contributed by atoms with E-state index in [0.29, 0.717) is 46.0 Å². The Kier molecular flexibility index (Phi) is 4.66. The highest BCUT2D eigenvalue weighted by atomic mass is 32.1. The second kappa shape index (κ2) is 7.01. The number of aromatic nitrogens is 4. The summed E-state index contributed by atoms with van der Waals surface area (Å²) >= 11 is 1.00. The van der Waals surface area contributed by atoms with Crippen molar-refractivity contribution in [2.75, 3.05) is 5.32 Å². The standard InChI is InChI=1S/C18H16F3N5OS/c1-10-15(28-25-23-10)17(27)22-11-6-8-12(9-7-11)26-14-5-3-2-4-13(14)16(24-26)18(19,20)21/h6-9H,2-5H2,1H3,(H,22,27). The first-order valence-corrected chi connectivity index (χ1v) is 9.50. The lowest BCUT2D eigenvalue weighted by Gasteiger charge is -2.15. The molecule has 0 saturated carbocycles. The molecule has 2 heterocycles. The van der Waals surface area contributed by atoms with E-state index in [-0.39, 0.29) is 5.91 Å². The van der Waals surface area contributed by atoms with Gasteiger partial charge >= 0.3 is 6.18 Å². The van der Waals surface area contributed by atoms with Crippen LogP contribution < -0.4 is 5.32 Å². The van der Waals surface area contributed by atoms with Gasteiger partial charge in [0.05, 0.1) is 11.4 Å². The number of anilines is 1. The van der Waals surface area contributed by atoms with Crippen LogP contribution in [0.2, 0.25) is 0 Å². The third kappa shape index (κ3) is 3.39. The van der Waals surface area contributed by atoms with Crippen LogP contribution in [-0.4, -0.2) is 25.3 Å². The number of fused-ring (bicyclic) bond motifs is 1. The maximum Gasteiger partial charge on any atom is 0.435 e. The molecule has 0 aliphatic heterocycles. The highest BCUT2D eigenvalue weighted by Gasteiger charge is 2.39. The monoisotopic (exact) mass is 407 g/mol. The van der Waals surface area contributed by atoms with Crippen LogP contribution in [0, 0.1) is 6.92 Å². The van der Waals surface area contributed by atoms with Crippen molar-refractivity contribution in [2.45, 2.75) is 38.8 Å². The second-order valence-corrected chi connectivity index (χ2v) is 7.33. The third-order valence-electron chi connectivity index (χ3n) is 4.68. The average Bonchev–Trinajstić information content (AvgIpc) is 3.26. The fraction of sp³-hybridized carbons (Fsp3) is 0.333. The number of hydrogen-bond donors (Lipinski definition) is 1. The molecule has 0 spiro atoms. The molecule has 1 N–H and O–H groups in total. The van der Waals surface area contributed by atoms with Gasteiger partial charge in [-0.1, -0.05) is 4.49 Å². The number of carbonyl (C=O) groups excluding carboxylic acids is 1. The molecule has 0 unspecified atom stereocenters. The summed E-state index contributed by atoms with van der Waals surface area (Å²) in [6.45, 7) is 1.70. The summed E-state index contributed by atoms with van der Waals surface area (Å²) in [5, 5.41) is 10.4. The Balaban J connectivity index is 1.62. The molecule has 0 bridgehead atoms. The molecule has 1 aliphatic rings. The zero-order chi connectivity index (χ0) is 19.9. The highest BCUT2D eigenvalue weighted by molar-refractivity contribution is 7.08. The molecule has 146 valence electrons. The molecule has 0 atom stereocenters. The summed E-state index contributed by atoms with van der Waals surface area (Å²) in [6.07, 6.45) is -1.94.